The molecular weight excluding hydrogens is 342 g/mol. The summed E-state index contributed by atoms with van der Waals surface area (Å²) in [6, 6.07) is 6.88. The Labute approximate surface area is 162 Å². The van der Waals surface area contributed by atoms with E-state index in [1.807, 2.05) is 18.4 Å². The summed E-state index contributed by atoms with van der Waals surface area (Å²) in [4.78, 5) is 2.56. The van der Waals surface area contributed by atoms with E-state index in [-0.39, 0.29) is 0 Å². The Morgan fingerprint density at radius 3 is 2.77 bits per heavy atom. The van der Waals surface area contributed by atoms with Crippen molar-refractivity contribution in [3.8, 4) is 0 Å². The van der Waals surface area contributed by atoms with E-state index >= 15 is 0 Å². The van der Waals surface area contributed by atoms with E-state index in [0.29, 0.717) is 17.1 Å². The molecule has 0 bridgehead atoms. The lowest BCUT2D eigenvalue weighted by molar-refractivity contribution is 0.172. The van der Waals surface area contributed by atoms with E-state index in [1.54, 1.807) is 0 Å². The Balaban J connectivity index is 1.69. The van der Waals surface area contributed by atoms with Crippen LogP contribution in [0.2, 0.25) is 0 Å². The van der Waals surface area contributed by atoms with E-state index in [9.17, 15) is 0 Å². The van der Waals surface area contributed by atoms with Gasteiger partial charge in [0.1, 0.15) is 5.58 Å². The fraction of sp³-hybridized carbons (Fsp3) is 0.571. The number of nitrogens with one attached hydrogen (secondary N) is 2. The summed E-state index contributed by atoms with van der Waals surface area (Å²) >= 11 is 5.40. The van der Waals surface area contributed by atoms with Crippen LogP contribution in [0.4, 0.5) is 5.69 Å². The molecule has 1 aromatic heterocycles. The molecule has 0 spiro atoms. The molecular formula is C21H31N3OS. The number of fused-ring (bicyclic) bond motifs is 1. The van der Waals surface area contributed by atoms with Crippen LogP contribution in [0.3, 0.4) is 0 Å². The van der Waals surface area contributed by atoms with Gasteiger partial charge in [0.05, 0.1) is 6.26 Å². The largest absolute Gasteiger partial charge is 0.464 e. The maximum atomic E-state index is 5.83. The first kappa shape index (κ1) is 19.2. The van der Waals surface area contributed by atoms with Gasteiger partial charge in [-0.3, -0.25) is 0 Å². The fourth-order valence-corrected chi connectivity index (χ4v) is 3.94. The van der Waals surface area contributed by atoms with Crippen molar-refractivity contribution in [3.63, 3.8) is 0 Å². The van der Waals surface area contributed by atoms with Crippen LogP contribution in [0.15, 0.2) is 28.9 Å². The zero-order valence-electron chi connectivity index (χ0n) is 16.2. The normalized spacial score (nSPS) is 16.3. The van der Waals surface area contributed by atoms with Gasteiger partial charge in [0, 0.05) is 29.2 Å². The number of hydrogen-bond acceptors (Lipinski definition) is 3. The van der Waals surface area contributed by atoms with Gasteiger partial charge in [0.25, 0.3) is 0 Å². The lowest BCUT2D eigenvalue weighted by Gasteiger charge is -2.34. The maximum Gasteiger partial charge on any atom is 0.170 e. The van der Waals surface area contributed by atoms with Crippen molar-refractivity contribution in [2.45, 2.75) is 58.4 Å². The molecule has 0 amide bonds. The van der Waals surface area contributed by atoms with Crippen LogP contribution in [-0.4, -0.2) is 35.7 Å². The summed E-state index contributed by atoms with van der Waals surface area (Å²) < 4.78 is 5.83. The minimum atomic E-state index is 0.580. The highest BCUT2D eigenvalue weighted by atomic mass is 32.1. The van der Waals surface area contributed by atoms with Crippen LogP contribution in [0.25, 0.3) is 11.0 Å². The molecule has 0 atom stereocenters. The third-order valence-electron chi connectivity index (χ3n) is 5.38. The highest BCUT2D eigenvalue weighted by molar-refractivity contribution is 7.80. The molecule has 0 unspecified atom stereocenters. The zero-order chi connectivity index (χ0) is 18.5. The molecule has 0 aliphatic carbocycles. The molecule has 2 N–H and O–H groups in total. The second-order valence-corrected chi connectivity index (χ2v) is 7.95. The van der Waals surface area contributed by atoms with Crippen molar-refractivity contribution in [1.82, 2.24) is 10.2 Å². The molecule has 0 saturated carbocycles. The number of nitrogens with zero attached hydrogens (tertiary/aromatic N) is 1. The van der Waals surface area contributed by atoms with E-state index in [4.69, 9.17) is 16.6 Å². The van der Waals surface area contributed by atoms with Gasteiger partial charge in [0.2, 0.25) is 0 Å². The van der Waals surface area contributed by atoms with Crippen molar-refractivity contribution in [2.75, 3.05) is 25.0 Å². The fourth-order valence-electron chi connectivity index (χ4n) is 3.72. The quantitative estimate of drug-likeness (QED) is 0.544. The number of anilines is 1. The zero-order valence-corrected chi connectivity index (χ0v) is 17.0. The SMILES string of the molecule is CCCCNC(=S)Nc1ccc2occ(C3CCN(C(C)C)CC3)c2c1. The summed E-state index contributed by atoms with van der Waals surface area (Å²) in [5, 5.41) is 8.47. The molecule has 5 heteroatoms. The Kier molecular flexibility index (Phi) is 6.54. The third-order valence-corrected chi connectivity index (χ3v) is 5.62. The van der Waals surface area contributed by atoms with Crippen molar-refractivity contribution in [3.05, 3.63) is 30.0 Å². The number of rotatable bonds is 6. The molecule has 2 aromatic rings. The second kappa shape index (κ2) is 8.87. The number of piperidine rings is 1. The average Bonchev–Trinajstić information content (AvgIpc) is 3.05. The van der Waals surface area contributed by atoms with Crippen LogP contribution < -0.4 is 10.6 Å². The maximum absolute atomic E-state index is 5.83. The Hall–Kier alpha value is -1.59. The average molecular weight is 374 g/mol. The minimum Gasteiger partial charge on any atom is -0.464 e. The highest BCUT2D eigenvalue weighted by Crippen LogP contribution is 2.35. The molecule has 1 saturated heterocycles. The minimum absolute atomic E-state index is 0.580. The summed E-state index contributed by atoms with van der Waals surface area (Å²) in [6.07, 6.45) is 6.64. The summed E-state index contributed by atoms with van der Waals surface area (Å²) in [7, 11) is 0. The standard InChI is InChI=1S/C21H31N3OS/c1-4-5-10-22-21(26)23-17-6-7-20-18(13-17)19(14-25-20)16-8-11-24(12-9-16)15(2)3/h6-7,13-16H,4-5,8-12H2,1-3H3,(H2,22,23,26). The molecule has 26 heavy (non-hydrogen) atoms. The van der Waals surface area contributed by atoms with Crippen molar-refractivity contribution < 1.29 is 4.42 Å². The molecule has 1 aromatic carbocycles. The molecule has 1 aliphatic heterocycles. The van der Waals surface area contributed by atoms with Crippen LogP contribution >= 0.6 is 12.2 Å². The van der Waals surface area contributed by atoms with Gasteiger partial charge in [-0.2, -0.15) is 0 Å². The predicted molar refractivity (Wildman–Crippen MR) is 114 cm³/mol. The topological polar surface area (TPSA) is 40.4 Å². The van der Waals surface area contributed by atoms with Crippen molar-refractivity contribution in [1.29, 1.82) is 0 Å². The molecule has 3 rings (SSSR count). The molecule has 2 heterocycles. The van der Waals surface area contributed by atoms with Gasteiger partial charge in [0.15, 0.2) is 5.11 Å². The number of benzene rings is 1. The molecule has 1 fully saturated rings. The predicted octanol–water partition coefficient (Wildman–Crippen LogP) is 5.11. The van der Waals surface area contributed by atoms with E-state index < -0.39 is 0 Å². The first-order valence-corrected chi connectivity index (χ1v) is 10.3. The summed E-state index contributed by atoms with van der Waals surface area (Å²) in [5.74, 6) is 0.580. The molecule has 4 nitrogen and oxygen atoms in total. The lowest BCUT2D eigenvalue weighted by atomic mass is 9.88. The van der Waals surface area contributed by atoms with Gasteiger partial charge < -0.3 is 20.0 Å². The van der Waals surface area contributed by atoms with Crippen LogP contribution in [0.1, 0.15) is 57.9 Å². The first-order chi connectivity index (χ1) is 12.6. The summed E-state index contributed by atoms with van der Waals surface area (Å²) in [6.45, 7) is 9.98. The lowest BCUT2D eigenvalue weighted by Crippen LogP contribution is -2.37. The van der Waals surface area contributed by atoms with Crippen molar-refractivity contribution in [2.24, 2.45) is 0 Å². The first-order valence-electron chi connectivity index (χ1n) is 9.88. The van der Waals surface area contributed by atoms with Crippen LogP contribution in [0.5, 0.6) is 0 Å². The number of thiocarbonyl (C=S) groups is 1. The number of furan rings is 1. The van der Waals surface area contributed by atoms with Gasteiger partial charge in [-0.25, -0.2) is 0 Å². The van der Waals surface area contributed by atoms with E-state index in [1.165, 1.54) is 36.9 Å². The molecule has 1 aliphatic rings. The van der Waals surface area contributed by atoms with E-state index in [2.05, 4.69) is 42.4 Å². The molecule has 0 radical (unpaired) electrons. The smallest absolute Gasteiger partial charge is 0.170 e. The Morgan fingerprint density at radius 1 is 1.31 bits per heavy atom. The number of hydrogen-bond donors (Lipinski definition) is 2. The molecule has 142 valence electrons. The van der Waals surface area contributed by atoms with Gasteiger partial charge in [-0.05, 0) is 82.5 Å². The monoisotopic (exact) mass is 373 g/mol. The van der Waals surface area contributed by atoms with E-state index in [0.717, 1.165) is 30.7 Å². The van der Waals surface area contributed by atoms with Crippen LogP contribution in [0, 0.1) is 0 Å². The Bertz CT molecular complexity index is 732. The Morgan fingerprint density at radius 2 is 2.08 bits per heavy atom. The van der Waals surface area contributed by atoms with Gasteiger partial charge in [-0.1, -0.05) is 13.3 Å². The number of likely N-dealkylation sites (tertiary alicyclic amines) is 1. The summed E-state index contributed by atoms with van der Waals surface area (Å²) in [5.41, 5.74) is 3.33. The second-order valence-electron chi connectivity index (χ2n) is 7.54. The highest BCUT2D eigenvalue weighted by Gasteiger charge is 2.24. The van der Waals surface area contributed by atoms with Crippen molar-refractivity contribution >= 4 is 34.0 Å². The number of unbranched alkanes of at least 4 members (excludes halogenated alkanes) is 1. The van der Waals surface area contributed by atoms with Crippen LogP contribution in [-0.2, 0) is 0 Å². The third kappa shape index (κ3) is 4.57. The van der Waals surface area contributed by atoms with Gasteiger partial charge >= 0.3 is 0 Å². The van der Waals surface area contributed by atoms with Gasteiger partial charge in [-0.15, -0.1) is 0 Å².